The third-order valence-corrected chi connectivity index (χ3v) is 5.25. The topological polar surface area (TPSA) is 41.3 Å². The van der Waals surface area contributed by atoms with Gasteiger partial charge in [0.2, 0.25) is 0 Å². The molecule has 118 valence electrons. The summed E-state index contributed by atoms with van der Waals surface area (Å²) in [5.74, 6) is 0.484. The van der Waals surface area contributed by atoms with Gasteiger partial charge in [0.15, 0.2) is 0 Å². The Kier molecular flexibility index (Phi) is 4.65. The van der Waals surface area contributed by atoms with Gasteiger partial charge in [0.05, 0.1) is 11.8 Å². The molecule has 1 saturated heterocycles. The van der Waals surface area contributed by atoms with Crippen molar-refractivity contribution in [3.8, 4) is 0 Å². The van der Waals surface area contributed by atoms with Crippen LogP contribution in [0.25, 0.3) is 0 Å². The Bertz CT molecular complexity index is 457. The summed E-state index contributed by atoms with van der Waals surface area (Å²) in [7, 11) is 0. The summed E-state index contributed by atoms with van der Waals surface area (Å²) >= 11 is 0. The fraction of sp³-hybridized carbons (Fsp3) is 0.824. The Labute approximate surface area is 128 Å². The summed E-state index contributed by atoms with van der Waals surface area (Å²) in [5, 5.41) is 15.0. The van der Waals surface area contributed by atoms with E-state index in [4.69, 9.17) is 5.10 Å². The Morgan fingerprint density at radius 1 is 1.24 bits per heavy atom. The number of hydrogen-bond acceptors (Lipinski definition) is 3. The fourth-order valence-electron chi connectivity index (χ4n) is 4.07. The Hall–Kier alpha value is -0.870. The molecule has 1 aromatic heterocycles. The quantitative estimate of drug-likeness (QED) is 0.927. The Morgan fingerprint density at radius 3 is 2.76 bits per heavy atom. The summed E-state index contributed by atoms with van der Waals surface area (Å²) in [4.78, 5) is 2.58. The lowest BCUT2D eigenvalue weighted by Gasteiger charge is -2.40. The van der Waals surface area contributed by atoms with Crippen LogP contribution in [0.2, 0.25) is 0 Å². The monoisotopic (exact) mass is 291 g/mol. The second-order valence-electron chi connectivity index (χ2n) is 7.08. The van der Waals surface area contributed by atoms with Crippen molar-refractivity contribution in [2.45, 2.75) is 77.1 Å². The van der Waals surface area contributed by atoms with Crippen LogP contribution in [0.1, 0.15) is 64.1 Å². The Balaban J connectivity index is 1.68. The van der Waals surface area contributed by atoms with E-state index < -0.39 is 0 Å². The van der Waals surface area contributed by atoms with Crippen molar-refractivity contribution in [2.75, 3.05) is 6.54 Å². The standard InChI is InChI=1S/C17H29N3O/c1-13(2)20-11-9-14(18-20)12-19-10-4-3-7-16(19)15-6-5-8-17(15)21/h9,11,13,15-17,21H,3-8,10,12H2,1-2H3. The maximum atomic E-state index is 10.3. The van der Waals surface area contributed by atoms with Gasteiger partial charge in [0.1, 0.15) is 0 Å². The molecule has 3 atom stereocenters. The van der Waals surface area contributed by atoms with Crippen LogP contribution in [-0.4, -0.2) is 38.5 Å². The van der Waals surface area contributed by atoms with E-state index in [2.05, 4.69) is 31.0 Å². The van der Waals surface area contributed by atoms with E-state index in [1.165, 1.54) is 37.8 Å². The SMILES string of the molecule is CC(C)n1ccc(CN2CCCCC2C2CCCC2O)n1. The van der Waals surface area contributed by atoms with Crippen LogP contribution in [0.4, 0.5) is 0 Å². The molecule has 2 heterocycles. The molecule has 2 aliphatic rings. The second kappa shape index (κ2) is 6.49. The summed E-state index contributed by atoms with van der Waals surface area (Å²) in [5.41, 5.74) is 1.17. The number of nitrogens with zero attached hydrogens (tertiary/aromatic N) is 3. The third-order valence-electron chi connectivity index (χ3n) is 5.25. The van der Waals surface area contributed by atoms with Gasteiger partial charge in [-0.15, -0.1) is 0 Å². The van der Waals surface area contributed by atoms with Crippen molar-refractivity contribution in [1.82, 2.24) is 14.7 Å². The zero-order chi connectivity index (χ0) is 14.8. The van der Waals surface area contributed by atoms with Gasteiger partial charge < -0.3 is 5.11 Å². The van der Waals surface area contributed by atoms with Crippen LogP contribution >= 0.6 is 0 Å². The average Bonchev–Trinajstić information content (AvgIpc) is 3.09. The molecule has 1 aromatic rings. The van der Waals surface area contributed by atoms with Gasteiger partial charge >= 0.3 is 0 Å². The van der Waals surface area contributed by atoms with Crippen molar-refractivity contribution >= 4 is 0 Å². The predicted octanol–water partition coefficient (Wildman–Crippen LogP) is 2.98. The van der Waals surface area contributed by atoms with Gasteiger partial charge in [0.25, 0.3) is 0 Å². The van der Waals surface area contributed by atoms with Gasteiger partial charge in [-0.3, -0.25) is 9.58 Å². The largest absolute Gasteiger partial charge is 0.393 e. The van der Waals surface area contributed by atoms with Gasteiger partial charge in [-0.1, -0.05) is 12.8 Å². The van der Waals surface area contributed by atoms with Crippen LogP contribution in [0.15, 0.2) is 12.3 Å². The first kappa shape index (κ1) is 15.0. The highest BCUT2D eigenvalue weighted by atomic mass is 16.3. The molecular weight excluding hydrogens is 262 g/mol. The fourth-order valence-corrected chi connectivity index (χ4v) is 4.07. The molecule has 21 heavy (non-hydrogen) atoms. The number of piperidine rings is 1. The van der Waals surface area contributed by atoms with Gasteiger partial charge in [-0.25, -0.2) is 0 Å². The number of aliphatic hydroxyl groups excluding tert-OH is 1. The van der Waals surface area contributed by atoms with Crippen molar-refractivity contribution in [3.63, 3.8) is 0 Å². The van der Waals surface area contributed by atoms with Crippen molar-refractivity contribution in [1.29, 1.82) is 0 Å². The lowest BCUT2D eigenvalue weighted by Crippen LogP contribution is -2.45. The molecular formula is C17H29N3O. The Morgan fingerprint density at radius 2 is 2.10 bits per heavy atom. The summed E-state index contributed by atoms with van der Waals surface area (Å²) < 4.78 is 2.04. The molecule has 3 rings (SSSR count). The molecule has 2 fully saturated rings. The van der Waals surface area contributed by atoms with Crippen molar-refractivity contribution < 1.29 is 5.11 Å². The normalized spacial score (nSPS) is 31.1. The lowest BCUT2D eigenvalue weighted by molar-refractivity contribution is 0.0305. The first-order chi connectivity index (χ1) is 10.1. The molecule has 1 aliphatic heterocycles. The lowest BCUT2D eigenvalue weighted by atomic mass is 9.87. The molecule has 1 saturated carbocycles. The molecule has 4 nitrogen and oxygen atoms in total. The first-order valence-electron chi connectivity index (χ1n) is 8.61. The minimum Gasteiger partial charge on any atom is -0.393 e. The van der Waals surface area contributed by atoms with Crippen LogP contribution < -0.4 is 0 Å². The molecule has 0 radical (unpaired) electrons. The second-order valence-corrected chi connectivity index (χ2v) is 7.08. The van der Waals surface area contributed by atoms with Gasteiger partial charge in [-0.05, 0) is 52.1 Å². The molecule has 3 unspecified atom stereocenters. The molecule has 1 aliphatic carbocycles. The van der Waals surface area contributed by atoms with Crippen molar-refractivity contribution in [3.05, 3.63) is 18.0 Å². The number of likely N-dealkylation sites (tertiary alicyclic amines) is 1. The third kappa shape index (κ3) is 3.32. The van der Waals surface area contributed by atoms with E-state index in [0.29, 0.717) is 18.0 Å². The minimum atomic E-state index is -0.0798. The zero-order valence-corrected chi connectivity index (χ0v) is 13.4. The number of aliphatic hydroxyl groups is 1. The van der Waals surface area contributed by atoms with E-state index in [-0.39, 0.29) is 6.10 Å². The van der Waals surface area contributed by atoms with Gasteiger partial charge in [-0.2, -0.15) is 5.10 Å². The van der Waals surface area contributed by atoms with E-state index in [1.54, 1.807) is 0 Å². The maximum absolute atomic E-state index is 10.3. The van der Waals surface area contributed by atoms with Crippen LogP contribution in [-0.2, 0) is 6.54 Å². The summed E-state index contributed by atoms with van der Waals surface area (Å²) in [6.45, 7) is 6.42. The van der Waals surface area contributed by atoms with Crippen LogP contribution in [0.5, 0.6) is 0 Å². The van der Waals surface area contributed by atoms with Crippen LogP contribution in [0.3, 0.4) is 0 Å². The number of aromatic nitrogens is 2. The summed E-state index contributed by atoms with van der Waals surface area (Å²) in [6, 6.07) is 3.13. The van der Waals surface area contributed by atoms with E-state index >= 15 is 0 Å². The molecule has 0 spiro atoms. The molecule has 0 amide bonds. The highest BCUT2D eigenvalue weighted by molar-refractivity contribution is 5.01. The predicted molar refractivity (Wildman–Crippen MR) is 84.0 cm³/mol. The van der Waals surface area contributed by atoms with Crippen molar-refractivity contribution in [2.24, 2.45) is 5.92 Å². The highest BCUT2D eigenvalue weighted by Crippen LogP contribution is 2.35. The molecule has 1 N–H and O–H groups in total. The maximum Gasteiger partial charge on any atom is 0.0764 e. The van der Waals surface area contributed by atoms with Gasteiger partial charge in [0, 0.05) is 30.7 Å². The van der Waals surface area contributed by atoms with E-state index in [0.717, 1.165) is 19.5 Å². The van der Waals surface area contributed by atoms with E-state index in [1.807, 2.05) is 4.68 Å². The van der Waals surface area contributed by atoms with Crippen LogP contribution in [0, 0.1) is 5.92 Å². The molecule has 0 bridgehead atoms. The average molecular weight is 291 g/mol. The molecule has 4 heteroatoms. The van der Waals surface area contributed by atoms with E-state index in [9.17, 15) is 5.11 Å². The minimum absolute atomic E-state index is 0.0798. The zero-order valence-electron chi connectivity index (χ0n) is 13.4. The highest BCUT2D eigenvalue weighted by Gasteiger charge is 2.36. The summed E-state index contributed by atoms with van der Waals surface area (Å²) in [6.07, 6.45) is 9.23. The molecule has 0 aromatic carbocycles. The number of rotatable bonds is 4. The smallest absolute Gasteiger partial charge is 0.0764 e. The number of hydrogen-bond donors (Lipinski definition) is 1. The first-order valence-corrected chi connectivity index (χ1v) is 8.61.